The Morgan fingerprint density at radius 2 is 1.30 bits per heavy atom. The highest BCUT2D eigenvalue weighted by molar-refractivity contribution is 4.83. The van der Waals surface area contributed by atoms with Crippen LogP contribution in [0.15, 0.2) is 0 Å². The highest BCUT2D eigenvalue weighted by Gasteiger charge is 2.57. The van der Waals surface area contributed by atoms with Crippen LogP contribution in [0.3, 0.4) is 0 Å². The minimum absolute atomic E-state index is 0.258. The average Bonchev–Trinajstić information content (AvgIpc) is 2.24. The summed E-state index contributed by atoms with van der Waals surface area (Å²) < 4.78 is 126. The van der Waals surface area contributed by atoms with Crippen molar-refractivity contribution in [3.63, 3.8) is 0 Å². The van der Waals surface area contributed by atoms with Crippen molar-refractivity contribution < 1.29 is 48.7 Å². The molecule has 0 aromatic heterocycles. The third kappa shape index (κ3) is 5.31. The molecular formula is C8H9F10NO. The molecule has 2 atom stereocenters. The Balaban J connectivity index is 4.50. The summed E-state index contributed by atoms with van der Waals surface area (Å²) in [6, 6.07) is 0. The smallest absolute Gasteiger partial charge is 0.369 e. The first kappa shape index (κ1) is 19.2. The molecule has 0 spiro atoms. The molecule has 2 unspecified atom stereocenters. The van der Waals surface area contributed by atoms with Gasteiger partial charge in [-0.15, -0.1) is 9.60 Å². The quantitative estimate of drug-likeness (QED) is 0.405. The van der Waals surface area contributed by atoms with Gasteiger partial charge in [-0.05, 0) is 0 Å². The van der Waals surface area contributed by atoms with Gasteiger partial charge in [0.2, 0.25) is 6.30 Å². The molecule has 0 aromatic carbocycles. The number of nitrogens with zero attached hydrogens (tertiary/aromatic N) is 1. The van der Waals surface area contributed by atoms with Crippen LogP contribution in [0.1, 0.15) is 0 Å². The second-order valence-corrected chi connectivity index (χ2v) is 3.78. The monoisotopic (exact) mass is 325 g/mol. The van der Waals surface area contributed by atoms with Crippen molar-refractivity contribution in [2.24, 2.45) is 0 Å². The SMILES string of the molecule is CN(F)C(F)C(F)(F)COCC(F)(F)C(F)C(F)(F)F. The topological polar surface area (TPSA) is 12.5 Å². The zero-order chi connectivity index (χ0) is 16.4. The summed E-state index contributed by atoms with van der Waals surface area (Å²) in [5.41, 5.74) is 0. The summed E-state index contributed by atoms with van der Waals surface area (Å²) in [5.74, 6) is -9.74. The highest BCUT2D eigenvalue weighted by Crippen LogP contribution is 2.35. The van der Waals surface area contributed by atoms with E-state index in [4.69, 9.17) is 0 Å². The Morgan fingerprint density at radius 1 is 0.900 bits per heavy atom. The van der Waals surface area contributed by atoms with Gasteiger partial charge in [0.1, 0.15) is 13.2 Å². The Labute approximate surface area is 106 Å². The van der Waals surface area contributed by atoms with E-state index in [1.54, 1.807) is 0 Å². The summed E-state index contributed by atoms with van der Waals surface area (Å²) in [4.78, 5) is 0. The number of ether oxygens (including phenoxy) is 1. The van der Waals surface area contributed by atoms with E-state index in [1.165, 1.54) is 0 Å². The lowest BCUT2D eigenvalue weighted by Crippen LogP contribution is -2.47. The second kappa shape index (κ2) is 6.33. The van der Waals surface area contributed by atoms with Crippen LogP contribution in [0.4, 0.5) is 44.0 Å². The molecule has 0 fully saturated rings. The predicted molar refractivity (Wildman–Crippen MR) is 45.4 cm³/mol. The molecule has 122 valence electrons. The van der Waals surface area contributed by atoms with E-state index in [0.29, 0.717) is 0 Å². The normalized spacial score (nSPS) is 17.4. The maximum absolute atomic E-state index is 12.7. The van der Waals surface area contributed by atoms with Gasteiger partial charge in [-0.2, -0.15) is 22.0 Å². The molecule has 0 aromatic rings. The van der Waals surface area contributed by atoms with E-state index in [0.717, 1.165) is 0 Å². The molecule has 12 heteroatoms. The van der Waals surface area contributed by atoms with Gasteiger partial charge in [0.05, 0.1) is 0 Å². The lowest BCUT2D eigenvalue weighted by atomic mass is 10.2. The number of halogens is 10. The summed E-state index contributed by atoms with van der Waals surface area (Å²) >= 11 is 0. The Kier molecular flexibility index (Phi) is 6.08. The highest BCUT2D eigenvalue weighted by atomic mass is 19.4. The van der Waals surface area contributed by atoms with Crippen molar-refractivity contribution in [2.75, 3.05) is 20.3 Å². The standard InChI is InChI=1S/C8H9F10NO/c1-19(18)5(10)7(13,14)3-20-2-6(11,12)4(9)8(15,16)17/h4-5H,2-3H2,1H3. The molecule has 0 N–H and O–H groups in total. The summed E-state index contributed by atoms with van der Waals surface area (Å²) in [6.07, 6.45) is -14.1. The molecule has 0 heterocycles. The van der Waals surface area contributed by atoms with Crippen molar-refractivity contribution in [3.8, 4) is 0 Å². The van der Waals surface area contributed by atoms with Crippen LogP contribution in [0.5, 0.6) is 0 Å². The molecule has 0 amide bonds. The number of hydrogen-bond acceptors (Lipinski definition) is 2. The van der Waals surface area contributed by atoms with Crippen molar-refractivity contribution in [1.29, 1.82) is 0 Å². The summed E-state index contributed by atoms with van der Waals surface area (Å²) in [5, 5.41) is -1.09. The Morgan fingerprint density at radius 3 is 1.65 bits per heavy atom. The van der Waals surface area contributed by atoms with Crippen LogP contribution in [-0.4, -0.2) is 55.9 Å². The Hall–Kier alpha value is -0.780. The molecule has 0 rings (SSSR count). The Bertz CT molecular complexity index is 304. The second-order valence-electron chi connectivity index (χ2n) is 3.78. The predicted octanol–water partition coefficient (Wildman–Crippen LogP) is 3.29. The van der Waals surface area contributed by atoms with Gasteiger partial charge < -0.3 is 4.74 Å². The fourth-order valence-corrected chi connectivity index (χ4v) is 0.965. The number of hydrogen-bond donors (Lipinski definition) is 0. The van der Waals surface area contributed by atoms with Gasteiger partial charge in [0, 0.05) is 7.05 Å². The van der Waals surface area contributed by atoms with E-state index in [-0.39, 0.29) is 7.05 Å². The third-order valence-corrected chi connectivity index (χ3v) is 1.91. The van der Waals surface area contributed by atoms with E-state index in [2.05, 4.69) is 4.74 Å². The lowest BCUT2D eigenvalue weighted by Gasteiger charge is -2.25. The molecule has 0 saturated heterocycles. The maximum atomic E-state index is 12.7. The fourth-order valence-electron chi connectivity index (χ4n) is 0.965. The number of rotatable bonds is 7. The molecule has 0 radical (unpaired) electrons. The van der Waals surface area contributed by atoms with E-state index < -0.39 is 48.8 Å². The molecule has 0 aliphatic carbocycles. The van der Waals surface area contributed by atoms with Crippen LogP contribution >= 0.6 is 0 Å². The molecule has 0 saturated carbocycles. The van der Waals surface area contributed by atoms with Crippen LogP contribution < -0.4 is 0 Å². The first-order valence-electron chi connectivity index (χ1n) is 4.78. The van der Waals surface area contributed by atoms with E-state index in [1.807, 2.05) is 0 Å². The van der Waals surface area contributed by atoms with Gasteiger partial charge >= 0.3 is 18.0 Å². The first-order valence-corrected chi connectivity index (χ1v) is 4.78. The van der Waals surface area contributed by atoms with Crippen molar-refractivity contribution >= 4 is 0 Å². The zero-order valence-corrected chi connectivity index (χ0v) is 9.70. The third-order valence-electron chi connectivity index (χ3n) is 1.91. The molecular weight excluding hydrogens is 316 g/mol. The van der Waals surface area contributed by atoms with Gasteiger partial charge in [0.25, 0.3) is 6.17 Å². The van der Waals surface area contributed by atoms with Gasteiger partial charge in [0.15, 0.2) is 0 Å². The van der Waals surface area contributed by atoms with Crippen LogP contribution in [0.25, 0.3) is 0 Å². The molecule has 0 aliphatic heterocycles. The van der Waals surface area contributed by atoms with Crippen LogP contribution in [0.2, 0.25) is 0 Å². The molecule has 0 aliphatic rings. The van der Waals surface area contributed by atoms with Crippen LogP contribution in [-0.2, 0) is 4.74 Å². The van der Waals surface area contributed by atoms with Gasteiger partial charge in [-0.3, -0.25) is 0 Å². The largest absolute Gasteiger partial charge is 0.425 e. The average molecular weight is 325 g/mol. The lowest BCUT2D eigenvalue weighted by molar-refractivity contribution is -0.264. The van der Waals surface area contributed by atoms with Crippen LogP contribution in [0, 0.1) is 0 Å². The molecule has 0 bridgehead atoms. The van der Waals surface area contributed by atoms with E-state index >= 15 is 0 Å². The molecule has 2 nitrogen and oxygen atoms in total. The summed E-state index contributed by atoms with van der Waals surface area (Å²) in [6.45, 7) is -4.52. The van der Waals surface area contributed by atoms with Gasteiger partial charge in [-0.1, -0.05) is 0 Å². The molecule has 20 heavy (non-hydrogen) atoms. The van der Waals surface area contributed by atoms with E-state index in [9.17, 15) is 44.0 Å². The van der Waals surface area contributed by atoms with Crippen molar-refractivity contribution in [3.05, 3.63) is 0 Å². The summed E-state index contributed by atoms with van der Waals surface area (Å²) in [7, 11) is 0.258. The van der Waals surface area contributed by atoms with Crippen molar-refractivity contribution in [1.82, 2.24) is 5.12 Å². The minimum atomic E-state index is -5.92. The van der Waals surface area contributed by atoms with Gasteiger partial charge in [-0.25, -0.2) is 17.6 Å². The maximum Gasteiger partial charge on any atom is 0.425 e. The minimum Gasteiger partial charge on any atom is -0.369 e. The fraction of sp³-hybridized carbons (Fsp3) is 1.00. The zero-order valence-electron chi connectivity index (χ0n) is 9.70. The van der Waals surface area contributed by atoms with Crippen molar-refractivity contribution in [2.45, 2.75) is 30.5 Å². The number of alkyl halides is 9. The first-order chi connectivity index (χ1) is 8.72.